The zero-order valence-corrected chi connectivity index (χ0v) is 11.1. The minimum atomic E-state index is -4.32. The number of halogens is 2. The maximum atomic E-state index is 13.0. The van der Waals surface area contributed by atoms with Gasteiger partial charge in [-0.25, -0.2) is 22.2 Å². The minimum absolute atomic E-state index is 0.134. The number of hydrogen-bond acceptors (Lipinski definition) is 5. The Morgan fingerprint density at radius 3 is 2.33 bits per heavy atom. The van der Waals surface area contributed by atoms with E-state index in [0.29, 0.717) is 18.2 Å². The monoisotopic (exact) mass is 314 g/mol. The van der Waals surface area contributed by atoms with E-state index in [1.165, 1.54) is 12.4 Å². The van der Waals surface area contributed by atoms with Crippen molar-refractivity contribution in [2.45, 2.75) is 4.90 Å². The van der Waals surface area contributed by atoms with E-state index in [1.54, 1.807) is 4.83 Å². The Labute approximate surface area is 118 Å². The summed E-state index contributed by atoms with van der Waals surface area (Å²) in [4.78, 5) is 19.9. The molecule has 110 valence electrons. The first-order chi connectivity index (χ1) is 9.88. The average Bonchev–Trinajstić information content (AvgIpc) is 2.45. The molecule has 0 aliphatic heterocycles. The maximum Gasteiger partial charge on any atom is 0.286 e. The number of nitrogens with one attached hydrogen (secondary N) is 2. The quantitative estimate of drug-likeness (QED) is 0.795. The second-order valence-electron chi connectivity index (χ2n) is 3.76. The molecule has 0 saturated heterocycles. The molecule has 21 heavy (non-hydrogen) atoms. The van der Waals surface area contributed by atoms with Crippen LogP contribution >= 0.6 is 0 Å². The molecule has 1 aromatic heterocycles. The van der Waals surface area contributed by atoms with E-state index in [-0.39, 0.29) is 5.69 Å². The van der Waals surface area contributed by atoms with Crippen LogP contribution in [0.4, 0.5) is 8.78 Å². The second kappa shape index (κ2) is 5.89. The Hall–Kier alpha value is -2.46. The summed E-state index contributed by atoms with van der Waals surface area (Å²) in [5, 5.41) is 0. The number of carbonyl (C=O) groups is 1. The van der Waals surface area contributed by atoms with Crippen molar-refractivity contribution in [1.29, 1.82) is 0 Å². The molecule has 1 heterocycles. The number of rotatable bonds is 4. The number of benzene rings is 1. The highest BCUT2D eigenvalue weighted by molar-refractivity contribution is 7.89. The smallest absolute Gasteiger partial charge is 0.272 e. The lowest BCUT2D eigenvalue weighted by atomic mass is 10.3. The van der Waals surface area contributed by atoms with Crippen LogP contribution in [0.15, 0.2) is 41.7 Å². The molecule has 1 amide bonds. The average molecular weight is 314 g/mol. The van der Waals surface area contributed by atoms with Gasteiger partial charge in [-0.3, -0.25) is 15.2 Å². The van der Waals surface area contributed by atoms with Crippen LogP contribution in [0, 0.1) is 11.6 Å². The van der Waals surface area contributed by atoms with Crippen LogP contribution in [-0.2, 0) is 10.0 Å². The van der Waals surface area contributed by atoms with E-state index in [4.69, 9.17) is 0 Å². The summed E-state index contributed by atoms with van der Waals surface area (Å²) in [6.45, 7) is 0. The Balaban J connectivity index is 2.13. The number of hydrazine groups is 1. The fraction of sp³-hybridized carbons (Fsp3) is 0. The van der Waals surface area contributed by atoms with Crippen molar-refractivity contribution in [1.82, 2.24) is 20.2 Å². The third-order valence-electron chi connectivity index (χ3n) is 2.24. The molecule has 0 atom stereocenters. The van der Waals surface area contributed by atoms with Gasteiger partial charge in [0.05, 0.1) is 11.1 Å². The Morgan fingerprint density at radius 1 is 1.10 bits per heavy atom. The molecule has 0 unspecified atom stereocenters. The molecule has 2 aromatic rings. The van der Waals surface area contributed by atoms with Crippen LogP contribution in [0.5, 0.6) is 0 Å². The number of carbonyl (C=O) groups excluding carboxylic acids is 1. The van der Waals surface area contributed by atoms with Gasteiger partial charge in [0.2, 0.25) is 0 Å². The van der Waals surface area contributed by atoms with Crippen molar-refractivity contribution in [3.05, 3.63) is 54.1 Å². The van der Waals surface area contributed by atoms with Crippen LogP contribution in [0.25, 0.3) is 0 Å². The first kappa shape index (κ1) is 14.9. The molecule has 0 aliphatic carbocycles. The molecule has 10 heteroatoms. The van der Waals surface area contributed by atoms with Crippen LogP contribution in [0.1, 0.15) is 10.5 Å². The lowest BCUT2D eigenvalue weighted by Gasteiger charge is -2.08. The summed E-state index contributed by atoms with van der Waals surface area (Å²) in [6, 6.07) is 1.75. The van der Waals surface area contributed by atoms with E-state index < -0.39 is 32.5 Å². The molecule has 0 aliphatic rings. The first-order valence-corrected chi connectivity index (χ1v) is 6.91. The molecule has 0 radical (unpaired) electrons. The van der Waals surface area contributed by atoms with Crippen molar-refractivity contribution in [2.75, 3.05) is 0 Å². The third kappa shape index (κ3) is 3.77. The highest BCUT2D eigenvalue weighted by Gasteiger charge is 2.18. The molecule has 2 rings (SSSR count). The lowest BCUT2D eigenvalue weighted by molar-refractivity contribution is 0.0939. The highest BCUT2D eigenvalue weighted by atomic mass is 32.2. The summed E-state index contributed by atoms with van der Waals surface area (Å²) >= 11 is 0. The number of nitrogens with zero attached hydrogens (tertiary/aromatic N) is 2. The van der Waals surface area contributed by atoms with Crippen molar-refractivity contribution in [2.24, 2.45) is 0 Å². The first-order valence-electron chi connectivity index (χ1n) is 5.43. The van der Waals surface area contributed by atoms with Crippen molar-refractivity contribution in [3.63, 3.8) is 0 Å². The summed E-state index contributed by atoms with van der Waals surface area (Å²) < 4.78 is 49.5. The number of sulfonamides is 1. The van der Waals surface area contributed by atoms with Crippen molar-refractivity contribution in [3.8, 4) is 0 Å². The van der Waals surface area contributed by atoms with Gasteiger partial charge in [-0.05, 0) is 12.1 Å². The van der Waals surface area contributed by atoms with Gasteiger partial charge < -0.3 is 0 Å². The van der Waals surface area contributed by atoms with Gasteiger partial charge in [-0.15, -0.1) is 4.83 Å². The van der Waals surface area contributed by atoms with E-state index in [9.17, 15) is 22.0 Å². The highest BCUT2D eigenvalue weighted by Crippen LogP contribution is 2.12. The van der Waals surface area contributed by atoms with Gasteiger partial charge in [0, 0.05) is 18.5 Å². The number of aromatic nitrogens is 2. The summed E-state index contributed by atoms with van der Waals surface area (Å²) in [7, 11) is -4.32. The number of amides is 1. The Bertz CT molecular complexity index is 748. The molecule has 7 nitrogen and oxygen atoms in total. The molecule has 0 saturated carbocycles. The van der Waals surface area contributed by atoms with Crippen LogP contribution < -0.4 is 10.3 Å². The van der Waals surface area contributed by atoms with Crippen molar-refractivity contribution < 1.29 is 22.0 Å². The topological polar surface area (TPSA) is 101 Å². The van der Waals surface area contributed by atoms with E-state index in [1.807, 2.05) is 5.43 Å². The van der Waals surface area contributed by atoms with Crippen molar-refractivity contribution >= 4 is 15.9 Å². The molecule has 0 fully saturated rings. The van der Waals surface area contributed by atoms with Gasteiger partial charge in [-0.1, -0.05) is 0 Å². The predicted octanol–water partition coefficient (Wildman–Crippen LogP) is 0.378. The second-order valence-corrected chi connectivity index (χ2v) is 5.44. The molecule has 0 spiro atoms. The molecular formula is C11H8F2N4O3S. The zero-order valence-electron chi connectivity index (χ0n) is 10.2. The Kier molecular flexibility index (Phi) is 4.19. The van der Waals surface area contributed by atoms with Crippen LogP contribution in [-0.4, -0.2) is 24.3 Å². The standard InChI is InChI=1S/C11H8F2N4O3S/c12-7-3-8(13)5-9(4-7)21(19,20)17-16-11(18)10-6-14-1-2-15-10/h1-6,17H,(H,16,18). The zero-order chi connectivity index (χ0) is 15.5. The maximum absolute atomic E-state index is 13.0. The largest absolute Gasteiger partial charge is 0.286 e. The molecule has 0 bridgehead atoms. The van der Waals surface area contributed by atoms with E-state index in [0.717, 1.165) is 6.20 Å². The van der Waals surface area contributed by atoms with E-state index in [2.05, 4.69) is 9.97 Å². The van der Waals surface area contributed by atoms with Crippen LogP contribution in [0.3, 0.4) is 0 Å². The fourth-order valence-electron chi connectivity index (χ4n) is 1.34. The normalized spacial score (nSPS) is 11.1. The molecular weight excluding hydrogens is 306 g/mol. The fourth-order valence-corrected chi connectivity index (χ4v) is 2.22. The number of hydrogen-bond donors (Lipinski definition) is 2. The van der Waals surface area contributed by atoms with Gasteiger partial charge in [0.25, 0.3) is 15.9 Å². The van der Waals surface area contributed by atoms with Crippen LogP contribution in [0.2, 0.25) is 0 Å². The molecule has 1 aromatic carbocycles. The SMILES string of the molecule is O=C(NNS(=O)(=O)c1cc(F)cc(F)c1)c1cnccn1. The Morgan fingerprint density at radius 2 is 1.76 bits per heavy atom. The minimum Gasteiger partial charge on any atom is -0.272 e. The van der Waals surface area contributed by atoms with E-state index >= 15 is 0 Å². The van der Waals surface area contributed by atoms with Gasteiger partial charge in [0.15, 0.2) is 0 Å². The predicted molar refractivity (Wildman–Crippen MR) is 66.2 cm³/mol. The van der Waals surface area contributed by atoms with Gasteiger partial charge >= 0.3 is 0 Å². The molecule has 2 N–H and O–H groups in total. The lowest BCUT2D eigenvalue weighted by Crippen LogP contribution is -2.41. The third-order valence-corrected chi connectivity index (χ3v) is 3.47. The summed E-state index contributed by atoms with van der Waals surface area (Å²) in [5.74, 6) is -2.99. The summed E-state index contributed by atoms with van der Waals surface area (Å²) in [5.41, 5.74) is 1.72. The van der Waals surface area contributed by atoms with Gasteiger partial charge in [-0.2, -0.15) is 0 Å². The van der Waals surface area contributed by atoms with Gasteiger partial charge in [0.1, 0.15) is 17.3 Å². The summed E-state index contributed by atoms with van der Waals surface area (Å²) in [6.07, 6.45) is 3.69.